The standard InChI is InChI=1S/C25H34N4O/c1-28(2)16-8-18-29(3)17-7-15-26-25-19-24(20-11-13-21(30-4)14-12-20)27-23-10-6-5-9-22(23)25/h5-6,9-14,19H,7-8,15-18H2,1-4H3,(H,26,27). The van der Waals surface area contributed by atoms with Crippen molar-refractivity contribution >= 4 is 16.6 Å². The third kappa shape index (κ3) is 6.18. The molecule has 0 atom stereocenters. The quantitative estimate of drug-likeness (QED) is 0.472. The molecule has 0 bridgehead atoms. The van der Waals surface area contributed by atoms with Crippen LogP contribution in [0.25, 0.3) is 22.2 Å². The van der Waals surface area contributed by atoms with E-state index in [0.717, 1.165) is 66.2 Å². The third-order valence-corrected chi connectivity index (χ3v) is 5.28. The number of rotatable bonds is 11. The van der Waals surface area contributed by atoms with Crippen molar-refractivity contribution in [1.29, 1.82) is 0 Å². The summed E-state index contributed by atoms with van der Waals surface area (Å²) in [5, 5.41) is 4.81. The normalized spacial score (nSPS) is 11.4. The van der Waals surface area contributed by atoms with E-state index in [1.54, 1.807) is 7.11 Å². The van der Waals surface area contributed by atoms with Crippen LogP contribution in [0.3, 0.4) is 0 Å². The van der Waals surface area contributed by atoms with Crippen LogP contribution in [0.5, 0.6) is 5.75 Å². The molecule has 0 aliphatic carbocycles. The zero-order valence-electron chi connectivity index (χ0n) is 18.7. The summed E-state index contributed by atoms with van der Waals surface area (Å²) in [7, 11) is 8.15. The van der Waals surface area contributed by atoms with Gasteiger partial charge in [0.05, 0.1) is 18.3 Å². The number of para-hydroxylation sites is 1. The Balaban J connectivity index is 1.65. The van der Waals surface area contributed by atoms with Gasteiger partial charge in [-0.25, -0.2) is 4.98 Å². The molecule has 0 radical (unpaired) electrons. The first-order chi connectivity index (χ1) is 14.6. The Morgan fingerprint density at radius 3 is 2.37 bits per heavy atom. The summed E-state index contributed by atoms with van der Waals surface area (Å²) in [6, 6.07) is 18.6. The molecule has 0 amide bonds. The molecule has 3 rings (SSSR count). The number of fused-ring (bicyclic) bond motifs is 1. The molecule has 0 unspecified atom stereocenters. The topological polar surface area (TPSA) is 40.6 Å². The summed E-state index contributed by atoms with van der Waals surface area (Å²) in [5.74, 6) is 0.854. The van der Waals surface area contributed by atoms with Crippen LogP contribution in [0.4, 0.5) is 5.69 Å². The van der Waals surface area contributed by atoms with E-state index in [2.05, 4.69) is 72.7 Å². The molecule has 0 saturated heterocycles. The van der Waals surface area contributed by atoms with Crippen molar-refractivity contribution in [2.24, 2.45) is 0 Å². The van der Waals surface area contributed by atoms with Crippen LogP contribution in [-0.4, -0.2) is 69.2 Å². The van der Waals surface area contributed by atoms with Gasteiger partial charge in [-0.15, -0.1) is 0 Å². The molecule has 160 valence electrons. The van der Waals surface area contributed by atoms with Gasteiger partial charge in [-0.1, -0.05) is 18.2 Å². The summed E-state index contributed by atoms with van der Waals surface area (Å²) < 4.78 is 5.28. The fourth-order valence-electron chi connectivity index (χ4n) is 3.57. The summed E-state index contributed by atoms with van der Waals surface area (Å²) in [6.45, 7) is 4.31. The number of hydrogen-bond acceptors (Lipinski definition) is 5. The lowest BCUT2D eigenvalue weighted by Gasteiger charge is -2.18. The van der Waals surface area contributed by atoms with E-state index < -0.39 is 0 Å². The summed E-state index contributed by atoms with van der Waals surface area (Å²) >= 11 is 0. The van der Waals surface area contributed by atoms with Gasteiger partial charge >= 0.3 is 0 Å². The molecule has 1 N–H and O–H groups in total. The molecule has 1 aromatic heterocycles. The Bertz CT molecular complexity index is 924. The molecule has 0 aliphatic heterocycles. The van der Waals surface area contributed by atoms with Crippen molar-refractivity contribution < 1.29 is 4.74 Å². The predicted octanol–water partition coefficient (Wildman–Crippen LogP) is 4.60. The minimum Gasteiger partial charge on any atom is -0.497 e. The average Bonchev–Trinajstić information content (AvgIpc) is 2.76. The number of ether oxygens (including phenoxy) is 1. The van der Waals surface area contributed by atoms with Crippen molar-refractivity contribution in [1.82, 2.24) is 14.8 Å². The Hall–Kier alpha value is -2.63. The lowest BCUT2D eigenvalue weighted by molar-refractivity contribution is 0.299. The monoisotopic (exact) mass is 406 g/mol. The third-order valence-electron chi connectivity index (χ3n) is 5.28. The van der Waals surface area contributed by atoms with Gasteiger partial charge < -0.3 is 19.9 Å². The second-order valence-corrected chi connectivity index (χ2v) is 8.04. The Morgan fingerprint density at radius 2 is 1.63 bits per heavy atom. The van der Waals surface area contributed by atoms with Crippen LogP contribution in [-0.2, 0) is 0 Å². The zero-order valence-corrected chi connectivity index (χ0v) is 18.7. The molecule has 5 nitrogen and oxygen atoms in total. The van der Waals surface area contributed by atoms with E-state index in [-0.39, 0.29) is 0 Å². The predicted molar refractivity (Wildman–Crippen MR) is 128 cm³/mol. The van der Waals surface area contributed by atoms with Crippen LogP contribution in [0.1, 0.15) is 12.8 Å². The molecule has 0 saturated carbocycles. The fourth-order valence-corrected chi connectivity index (χ4v) is 3.57. The Labute approximate surface area is 180 Å². The van der Waals surface area contributed by atoms with Gasteiger partial charge in [0.15, 0.2) is 0 Å². The smallest absolute Gasteiger partial charge is 0.118 e. The first-order valence-electron chi connectivity index (χ1n) is 10.7. The van der Waals surface area contributed by atoms with Crippen molar-refractivity contribution in [3.63, 3.8) is 0 Å². The highest BCUT2D eigenvalue weighted by Gasteiger charge is 2.08. The van der Waals surface area contributed by atoms with Crippen LogP contribution < -0.4 is 10.1 Å². The number of benzene rings is 2. The SMILES string of the molecule is COc1ccc(-c2cc(NCCCN(C)CCCN(C)C)c3ccccc3n2)cc1. The zero-order chi connectivity index (χ0) is 21.3. The fraction of sp³-hybridized carbons (Fsp3) is 0.400. The van der Waals surface area contributed by atoms with Crippen LogP contribution in [0.15, 0.2) is 54.6 Å². The lowest BCUT2D eigenvalue weighted by atomic mass is 10.1. The molecule has 0 spiro atoms. The highest BCUT2D eigenvalue weighted by Crippen LogP contribution is 2.29. The maximum Gasteiger partial charge on any atom is 0.118 e. The number of nitrogens with one attached hydrogen (secondary N) is 1. The molecule has 0 fully saturated rings. The lowest BCUT2D eigenvalue weighted by Crippen LogP contribution is -2.25. The number of nitrogens with zero attached hydrogens (tertiary/aromatic N) is 3. The van der Waals surface area contributed by atoms with Gasteiger partial charge in [0.25, 0.3) is 0 Å². The van der Waals surface area contributed by atoms with Gasteiger partial charge in [-0.2, -0.15) is 0 Å². The van der Waals surface area contributed by atoms with E-state index in [9.17, 15) is 0 Å². The number of anilines is 1. The molecule has 0 aliphatic rings. The van der Waals surface area contributed by atoms with E-state index in [4.69, 9.17) is 9.72 Å². The maximum atomic E-state index is 5.28. The largest absolute Gasteiger partial charge is 0.497 e. The number of pyridine rings is 1. The van der Waals surface area contributed by atoms with Crippen LogP contribution in [0, 0.1) is 0 Å². The molecule has 30 heavy (non-hydrogen) atoms. The number of methoxy groups -OCH3 is 1. The van der Waals surface area contributed by atoms with Gasteiger partial charge in [0, 0.05) is 23.2 Å². The number of hydrogen-bond donors (Lipinski definition) is 1. The minimum absolute atomic E-state index is 0.854. The van der Waals surface area contributed by atoms with Crippen molar-refractivity contribution in [2.75, 3.05) is 59.7 Å². The van der Waals surface area contributed by atoms with Crippen LogP contribution >= 0.6 is 0 Å². The first kappa shape index (κ1) is 22.1. The Morgan fingerprint density at radius 1 is 0.900 bits per heavy atom. The summed E-state index contributed by atoms with van der Waals surface area (Å²) in [6.07, 6.45) is 2.31. The highest BCUT2D eigenvalue weighted by molar-refractivity contribution is 5.93. The molecular formula is C25H34N4O. The summed E-state index contributed by atoms with van der Waals surface area (Å²) in [4.78, 5) is 9.53. The van der Waals surface area contributed by atoms with Crippen molar-refractivity contribution in [2.45, 2.75) is 12.8 Å². The molecule has 2 aromatic carbocycles. The van der Waals surface area contributed by atoms with E-state index in [0.29, 0.717) is 0 Å². The van der Waals surface area contributed by atoms with E-state index >= 15 is 0 Å². The first-order valence-corrected chi connectivity index (χ1v) is 10.7. The summed E-state index contributed by atoms with van der Waals surface area (Å²) in [5.41, 5.74) is 4.21. The van der Waals surface area contributed by atoms with Crippen molar-refractivity contribution in [3.8, 4) is 17.0 Å². The van der Waals surface area contributed by atoms with Gasteiger partial charge in [-0.3, -0.25) is 0 Å². The molecular weight excluding hydrogens is 372 g/mol. The number of aromatic nitrogens is 1. The Kier molecular flexibility index (Phi) is 8.05. The van der Waals surface area contributed by atoms with E-state index in [1.807, 2.05) is 18.2 Å². The highest BCUT2D eigenvalue weighted by atomic mass is 16.5. The molecule has 1 heterocycles. The van der Waals surface area contributed by atoms with Gasteiger partial charge in [0.2, 0.25) is 0 Å². The minimum atomic E-state index is 0.854. The van der Waals surface area contributed by atoms with E-state index in [1.165, 1.54) is 6.42 Å². The second kappa shape index (κ2) is 11.0. The average molecular weight is 407 g/mol. The molecule has 5 heteroatoms. The second-order valence-electron chi connectivity index (χ2n) is 8.04. The maximum absolute atomic E-state index is 5.28. The van der Waals surface area contributed by atoms with Gasteiger partial charge in [-0.05, 0) is 90.0 Å². The van der Waals surface area contributed by atoms with Crippen molar-refractivity contribution in [3.05, 3.63) is 54.6 Å². The molecule has 3 aromatic rings. The van der Waals surface area contributed by atoms with Crippen LogP contribution in [0.2, 0.25) is 0 Å². The van der Waals surface area contributed by atoms with Gasteiger partial charge in [0.1, 0.15) is 5.75 Å².